The first kappa shape index (κ1) is 14.9. The third-order valence-electron chi connectivity index (χ3n) is 3.29. The van der Waals surface area contributed by atoms with Gasteiger partial charge in [-0.05, 0) is 46.4 Å². The normalized spacial score (nSPS) is 11.7. The summed E-state index contributed by atoms with van der Waals surface area (Å²) in [6.45, 7) is 6.23. The number of benzene rings is 2. The number of hydrogen-bond donors (Lipinski definition) is 1. The van der Waals surface area contributed by atoms with Crippen molar-refractivity contribution in [1.29, 1.82) is 0 Å². The predicted octanol–water partition coefficient (Wildman–Crippen LogP) is 5.23. The average molecular weight is 293 g/mol. The highest BCUT2D eigenvalue weighted by atomic mass is 35.5. The molecule has 2 rings (SSSR count). The lowest BCUT2D eigenvalue weighted by Crippen LogP contribution is -2.13. The molecule has 0 spiro atoms. The van der Waals surface area contributed by atoms with Gasteiger partial charge in [-0.3, -0.25) is 0 Å². The quantitative estimate of drug-likeness (QED) is 0.751. The van der Waals surface area contributed by atoms with Gasteiger partial charge in [0.1, 0.15) is 11.6 Å². The Kier molecular flexibility index (Phi) is 4.05. The molecule has 0 saturated carbocycles. The smallest absolute Gasteiger partial charge is 0.131 e. The van der Waals surface area contributed by atoms with Gasteiger partial charge in [0.2, 0.25) is 0 Å². The summed E-state index contributed by atoms with van der Waals surface area (Å²) in [6, 6.07) is 9.92. The van der Waals surface area contributed by atoms with Crippen molar-refractivity contribution in [1.82, 2.24) is 0 Å². The lowest BCUT2D eigenvalue weighted by atomic mass is 9.81. The van der Waals surface area contributed by atoms with Crippen LogP contribution in [0.3, 0.4) is 0 Å². The van der Waals surface area contributed by atoms with Gasteiger partial charge in [-0.2, -0.15) is 0 Å². The van der Waals surface area contributed by atoms with E-state index in [1.807, 2.05) is 18.2 Å². The van der Waals surface area contributed by atoms with Crippen LogP contribution in [-0.4, -0.2) is 5.11 Å². The SMILES string of the molecule is CC(C)(C)c1ccc(CCl)cc1-c1cc(O)ccc1F. The molecule has 20 heavy (non-hydrogen) atoms. The van der Waals surface area contributed by atoms with E-state index in [1.165, 1.54) is 18.2 Å². The lowest BCUT2D eigenvalue weighted by molar-refractivity contribution is 0.473. The Morgan fingerprint density at radius 3 is 2.35 bits per heavy atom. The summed E-state index contributed by atoms with van der Waals surface area (Å²) in [6.07, 6.45) is 0. The number of halogens is 2. The number of alkyl halides is 1. The number of aromatic hydroxyl groups is 1. The molecule has 1 N–H and O–H groups in total. The van der Waals surface area contributed by atoms with Gasteiger partial charge in [0, 0.05) is 11.4 Å². The first-order valence-electron chi connectivity index (χ1n) is 6.51. The molecule has 0 heterocycles. The minimum absolute atomic E-state index is 0.0533. The molecule has 0 saturated heterocycles. The highest BCUT2D eigenvalue weighted by molar-refractivity contribution is 6.17. The third kappa shape index (κ3) is 2.96. The van der Waals surface area contributed by atoms with Crippen LogP contribution in [0, 0.1) is 5.82 Å². The summed E-state index contributed by atoms with van der Waals surface area (Å²) in [4.78, 5) is 0. The van der Waals surface area contributed by atoms with Gasteiger partial charge in [0.05, 0.1) is 0 Å². The molecule has 1 nitrogen and oxygen atoms in total. The van der Waals surface area contributed by atoms with E-state index in [0.717, 1.165) is 16.7 Å². The maximum absolute atomic E-state index is 14.1. The molecular formula is C17H18ClFO. The van der Waals surface area contributed by atoms with Crippen molar-refractivity contribution < 1.29 is 9.50 Å². The predicted molar refractivity (Wildman–Crippen MR) is 81.8 cm³/mol. The zero-order valence-corrected chi connectivity index (χ0v) is 12.6. The van der Waals surface area contributed by atoms with Gasteiger partial charge >= 0.3 is 0 Å². The largest absolute Gasteiger partial charge is 0.508 e. The van der Waals surface area contributed by atoms with E-state index in [2.05, 4.69) is 20.8 Å². The fourth-order valence-electron chi connectivity index (χ4n) is 2.27. The van der Waals surface area contributed by atoms with E-state index in [9.17, 15) is 9.50 Å². The Hall–Kier alpha value is -1.54. The van der Waals surface area contributed by atoms with Crippen molar-refractivity contribution in [3.63, 3.8) is 0 Å². The van der Waals surface area contributed by atoms with Crippen LogP contribution in [0.25, 0.3) is 11.1 Å². The molecule has 0 fully saturated rings. The zero-order chi connectivity index (χ0) is 14.9. The van der Waals surface area contributed by atoms with Crippen LogP contribution in [0.4, 0.5) is 4.39 Å². The second-order valence-corrected chi connectivity index (χ2v) is 6.19. The van der Waals surface area contributed by atoms with Gasteiger partial charge in [0.15, 0.2) is 0 Å². The van der Waals surface area contributed by atoms with Crippen molar-refractivity contribution in [2.45, 2.75) is 32.1 Å². The van der Waals surface area contributed by atoms with E-state index in [4.69, 9.17) is 11.6 Å². The monoisotopic (exact) mass is 292 g/mol. The van der Waals surface area contributed by atoms with Crippen molar-refractivity contribution in [2.24, 2.45) is 0 Å². The zero-order valence-electron chi connectivity index (χ0n) is 11.9. The Bertz CT molecular complexity index is 629. The molecule has 0 aliphatic rings. The van der Waals surface area contributed by atoms with Crippen LogP contribution in [-0.2, 0) is 11.3 Å². The van der Waals surface area contributed by atoms with Gasteiger partial charge in [-0.1, -0.05) is 32.9 Å². The molecule has 0 radical (unpaired) electrons. The minimum atomic E-state index is -0.347. The summed E-state index contributed by atoms with van der Waals surface area (Å²) in [5.41, 5.74) is 3.01. The number of hydrogen-bond acceptors (Lipinski definition) is 1. The van der Waals surface area contributed by atoms with Crippen molar-refractivity contribution in [3.05, 3.63) is 53.3 Å². The van der Waals surface area contributed by atoms with Crippen LogP contribution in [0.2, 0.25) is 0 Å². The van der Waals surface area contributed by atoms with Gasteiger partial charge in [-0.25, -0.2) is 4.39 Å². The molecule has 106 valence electrons. The van der Waals surface area contributed by atoms with E-state index in [-0.39, 0.29) is 17.0 Å². The van der Waals surface area contributed by atoms with E-state index >= 15 is 0 Å². The maximum atomic E-state index is 14.1. The Labute approximate surface area is 124 Å². The van der Waals surface area contributed by atoms with E-state index in [1.54, 1.807) is 0 Å². The summed E-state index contributed by atoms with van der Waals surface area (Å²) >= 11 is 5.88. The molecule has 0 aliphatic heterocycles. The standard InChI is InChI=1S/C17H18ClFO/c1-17(2,3)15-6-4-11(10-18)8-13(15)14-9-12(20)5-7-16(14)19/h4-9,20H,10H2,1-3H3. The summed E-state index contributed by atoms with van der Waals surface area (Å²) in [5, 5.41) is 9.63. The molecule has 0 unspecified atom stereocenters. The van der Waals surface area contributed by atoms with E-state index in [0.29, 0.717) is 11.4 Å². The molecule has 0 bridgehead atoms. The molecule has 3 heteroatoms. The minimum Gasteiger partial charge on any atom is -0.508 e. The van der Waals surface area contributed by atoms with Crippen LogP contribution < -0.4 is 0 Å². The van der Waals surface area contributed by atoms with Gasteiger partial charge < -0.3 is 5.11 Å². The van der Waals surface area contributed by atoms with Crippen LogP contribution in [0.1, 0.15) is 31.9 Å². The van der Waals surface area contributed by atoms with Gasteiger partial charge in [0.25, 0.3) is 0 Å². The highest BCUT2D eigenvalue weighted by Crippen LogP contribution is 2.36. The van der Waals surface area contributed by atoms with E-state index < -0.39 is 0 Å². The van der Waals surface area contributed by atoms with Crippen LogP contribution >= 0.6 is 11.6 Å². The molecule has 0 aromatic heterocycles. The Balaban J connectivity index is 2.73. The molecule has 0 atom stereocenters. The third-order valence-corrected chi connectivity index (χ3v) is 3.60. The Morgan fingerprint density at radius 1 is 1.05 bits per heavy atom. The molecule has 2 aromatic rings. The average Bonchev–Trinajstić information content (AvgIpc) is 2.39. The van der Waals surface area contributed by atoms with Crippen molar-refractivity contribution >= 4 is 11.6 Å². The second kappa shape index (κ2) is 5.45. The van der Waals surface area contributed by atoms with Crippen LogP contribution in [0.5, 0.6) is 5.75 Å². The second-order valence-electron chi connectivity index (χ2n) is 5.93. The van der Waals surface area contributed by atoms with Crippen LogP contribution in [0.15, 0.2) is 36.4 Å². The summed E-state index contributed by atoms with van der Waals surface area (Å²) < 4.78 is 14.1. The highest BCUT2D eigenvalue weighted by Gasteiger charge is 2.21. The van der Waals surface area contributed by atoms with Crippen molar-refractivity contribution in [3.8, 4) is 16.9 Å². The number of rotatable bonds is 2. The van der Waals surface area contributed by atoms with Crippen molar-refractivity contribution in [2.75, 3.05) is 0 Å². The lowest BCUT2D eigenvalue weighted by Gasteiger charge is -2.24. The molecule has 0 aliphatic carbocycles. The van der Waals surface area contributed by atoms with Gasteiger partial charge in [-0.15, -0.1) is 11.6 Å². The topological polar surface area (TPSA) is 20.2 Å². The molecular weight excluding hydrogens is 275 g/mol. The number of phenols is 1. The maximum Gasteiger partial charge on any atom is 0.131 e. The fraction of sp³-hybridized carbons (Fsp3) is 0.294. The molecule has 2 aromatic carbocycles. The number of phenolic OH excluding ortho intramolecular Hbond substituents is 1. The fourth-order valence-corrected chi connectivity index (χ4v) is 2.44. The Morgan fingerprint density at radius 2 is 1.75 bits per heavy atom. The molecule has 0 amide bonds. The summed E-state index contributed by atoms with van der Waals surface area (Å²) in [5.74, 6) is 0.0789. The first-order valence-corrected chi connectivity index (χ1v) is 7.04. The first-order chi connectivity index (χ1) is 9.32. The summed E-state index contributed by atoms with van der Waals surface area (Å²) in [7, 11) is 0.